The van der Waals surface area contributed by atoms with E-state index in [2.05, 4.69) is 15.9 Å². The Morgan fingerprint density at radius 2 is 1.90 bits per heavy atom. The summed E-state index contributed by atoms with van der Waals surface area (Å²) in [5.74, 6) is -0.549. The van der Waals surface area contributed by atoms with Crippen molar-refractivity contribution in [1.82, 2.24) is 4.57 Å². The van der Waals surface area contributed by atoms with E-state index in [1.807, 2.05) is 6.07 Å². The van der Waals surface area contributed by atoms with Crippen molar-refractivity contribution in [2.75, 3.05) is 0 Å². The Labute approximate surface area is 122 Å². The Balaban J connectivity index is 2.10. The fourth-order valence-electron chi connectivity index (χ4n) is 2.07. The summed E-state index contributed by atoms with van der Waals surface area (Å²) in [6.45, 7) is 0. The number of carbonyl (C=O) groups is 1. The van der Waals surface area contributed by atoms with E-state index in [4.69, 9.17) is 4.42 Å². The molecular formula is C15H10BrNO3. The number of oxazole rings is 1. The summed E-state index contributed by atoms with van der Waals surface area (Å²) in [5.41, 5.74) is 2.15. The lowest BCUT2D eigenvalue weighted by Gasteiger charge is -2.02. The van der Waals surface area contributed by atoms with Crippen LogP contribution in [-0.2, 0) is 7.05 Å². The third-order valence-electron chi connectivity index (χ3n) is 3.14. The lowest BCUT2D eigenvalue weighted by atomic mass is 10.0. The van der Waals surface area contributed by atoms with Gasteiger partial charge >= 0.3 is 5.76 Å². The minimum Gasteiger partial charge on any atom is -0.408 e. The first kappa shape index (κ1) is 12.9. The van der Waals surface area contributed by atoms with Crippen LogP contribution in [0.25, 0.3) is 11.1 Å². The van der Waals surface area contributed by atoms with Gasteiger partial charge < -0.3 is 4.42 Å². The molecule has 0 saturated heterocycles. The molecule has 0 bridgehead atoms. The molecule has 1 heterocycles. The largest absolute Gasteiger partial charge is 0.419 e. The highest BCUT2D eigenvalue weighted by molar-refractivity contribution is 9.10. The fourth-order valence-corrected chi connectivity index (χ4v) is 2.47. The predicted molar refractivity (Wildman–Crippen MR) is 79.0 cm³/mol. The topological polar surface area (TPSA) is 52.2 Å². The summed E-state index contributed by atoms with van der Waals surface area (Å²) < 4.78 is 7.34. The highest BCUT2D eigenvalue weighted by Gasteiger charge is 2.13. The smallest absolute Gasteiger partial charge is 0.408 e. The zero-order valence-corrected chi connectivity index (χ0v) is 12.2. The zero-order valence-electron chi connectivity index (χ0n) is 10.6. The average molecular weight is 332 g/mol. The van der Waals surface area contributed by atoms with Crippen molar-refractivity contribution in [1.29, 1.82) is 0 Å². The monoisotopic (exact) mass is 331 g/mol. The van der Waals surface area contributed by atoms with Crippen molar-refractivity contribution < 1.29 is 9.21 Å². The van der Waals surface area contributed by atoms with Gasteiger partial charge in [0.05, 0.1) is 5.52 Å². The maximum atomic E-state index is 12.4. The van der Waals surface area contributed by atoms with Gasteiger partial charge in [0.1, 0.15) is 0 Å². The molecule has 0 aliphatic heterocycles. The number of hydrogen-bond acceptors (Lipinski definition) is 3. The number of halogens is 1. The highest BCUT2D eigenvalue weighted by atomic mass is 79.9. The fraction of sp³-hybridized carbons (Fsp3) is 0.0667. The number of carbonyl (C=O) groups excluding carboxylic acids is 1. The van der Waals surface area contributed by atoms with Gasteiger partial charge in [0.15, 0.2) is 11.4 Å². The van der Waals surface area contributed by atoms with Crippen LogP contribution in [0.3, 0.4) is 0 Å². The normalized spacial score (nSPS) is 10.9. The quantitative estimate of drug-likeness (QED) is 0.678. The summed E-state index contributed by atoms with van der Waals surface area (Å²) in [7, 11) is 1.63. The molecule has 0 radical (unpaired) electrons. The third kappa shape index (κ3) is 2.10. The molecule has 0 fully saturated rings. The Bertz CT molecular complexity index is 876. The van der Waals surface area contributed by atoms with Gasteiger partial charge in [0.25, 0.3) is 0 Å². The van der Waals surface area contributed by atoms with Crippen molar-refractivity contribution in [3.63, 3.8) is 0 Å². The lowest BCUT2D eigenvalue weighted by molar-refractivity contribution is 0.103. The molecular weight excluding hydrogens is 322 g/mol. The number of aryl methyl sites for hydroxylation is 1. The van der Waals surface area contributed by atoms with Gasteiger partial charge in [-0.1, -0.05) is 28.1 Å². The van der Waals surface area contributed by atoms with Crippen LogP contribution in [0.1, 0.15) is 15.9 Å². The van der Waals surface area contributed by atoms with Gasteiger partial charge in [-0.25, -0.2) is 4.79 Å². The molecule has 0 amide bonds. The molecule has 0 aliphatic rings. The first-order valence-corrected chi connectivity index (χ1v) is 6.75. The summed E-state index contributed by atoms with van der Waals surface area (Å²) in [4.78, 5) is 23.8. The van der Waals surface area contributed by atoms with Crippen LogP contribution in [0.2, 0.25) is 0 Å². The van der Waals surface area contributed by atoms with Crippen LogP contribution in [0.5, 0.6) is 0 Å². The maximum absolute atomic E-state index is 12.4. The van der Waals surface area contributed by atoms with Gasteiger partial charge in [0, 0.05) is 22.6 Å². The van der Waals surface area contributed by atoms with E-state index >= 15 is 0 Å². The van der Waals surface area contributed by atoms with Gasteiger partial charge in [0.2, 0.25) is 0 Å². The molecule has 20 heavy (non-hydrogen) atoms. The standard InChI is InChI=1S/C15H10BrNO3/c1-17-12-6-5-10(8-13(12)20-15(17)19)14(18)9-3-2-4-11(16)7-9/h2-8H,1H3. The predicted octanol–water partition coefficient (Wildman–Crippen LogP) is 3.13. The van der Waals surface area contributed by atoms with Crippen molar-refractivity contribution >= 4 is 32.8 Å². The maximum Gasteiger partial charge on any atom is 0.419 e. The van der Waals surface area contributed by atoms with Crippen molar-refractivity contribution in [2.24, 2.45) is 7.05 Å². The number of rotatable bonds is 2. The Morgan fingerprint density at radius 3 is 2.65 bits per heavy atom. The van der Waals surface area contributed by atoms with Crippen LogP contribution in [0, 0.1) is 0 Å². The Hall–Kier alpha value is -2.14. The summed E-state index contributed by atoms with van der Waals surface area (Å²) >= 11 is 3.34. The second kappa shape index (κ2) is 4.76. The Morgan fingerprint density at radius 1 is 1.15 bits per heavy atom. The summed E-state index contributed by atoms with van der Waals surface area (Å²) in [5, 5.41) is 0. The molecule has 5 heteroatoms. The van der Waals surface area contributed by atoms with Crippen LogP contribution in [0.4, 0.5) is 0 Å². The minimum absolute atomic E-state index is 0.111. The molecule has 0 aliphatic carbocycles. The molecule has 2 aromatic carbocycles. The third-order valence-corrected chi connectivity index (χ3v) is 3.63. The van der Waals surface area contributed by atoms with Crippen LogP contribution >= 0.6 is 15.9 Å². The molecule has 1 aromatic heterocycles. The van der Waals surface area contributed by atoms with Crippen molar-refractivity contribution in [3.8, 4) is 0 Å². The van der Waals surface area contributed by atoms with E-state index in [0.29, 0.717) is 22.2 Å². The molecule has 4 nitrogen and oxygen atoms in total. The minimum atomic E-state index is -0.438. The molecule has 0 saturated carbocycles. The highest BCUT2D eigenvalue weighted by Crippen LogP contribution is 2.19. The van der Waals surface area contributed by atoms with Crippen LogP contribution in [-0.4, -0.2) is 10.4 Å². The number of fused-ring (bicyclic) bond motifs is 1. The molecule has 3 rings (SSSR count). The summed E-state index contributed by atoms with van der Waals surface area (Å²) in [6, 6.07) is 12.2. The molecule has 0 unspecified atom stereocenters. The number of aromatic nitrogens is 1. The van der Waals surface area contributed by atoms with Gasteiger partial charge in [-0.2, -0.15) is 0 Å². The van der Waals surface area contributed by atoms with E-state index in [0.717, 1.165) is 4.47 Å². The van der Waals surface area contributed by atoms with E-state index in [1.54, 1.807) is 43.4 Å². The molecule has 0 N–H and O–H groups in total. The van der Waals surface area contributed by atoms with Crippen LogP contribution < -0.4 is 5.76 Å². The van der Waals surface area contributed by atoms with E-state index < -0.39 is 5.76 Å². The van der Waals surface area contributed by atoms with Crippen molar-refractivity contribution in [2.45, 2.75) is 0 Å². The number of benzene rings is 2. The first-order chi connectivity index (χ1) is 9.56. The van der Waals surface area contributed by atoms with Gasteiger partial charge in [-0.3, -0.25) is 9.36 Å². The SMILES string of the molecule is Cn1c(=O)oc2cc(C(=O)c3cccc(Br)c3)ccc21. The van der Waals surface area contributed by atoms with Gasteiger partial charge in [-0.05, 0) is 30.3 Å². The second-order valence-electron chi connectivity index (χ2n) is 4.45. The van der Waals surface area contributed by atoms with E-state index in [9.17, 15) is 9.59 Å². The molecule has 0 atom stereocenters. The first-order valence-electron chi connectivity index (χ1n) is 5.96. The number of nitrogens with zero attached hydrogens (tertiary/aromatic N) is 1. The van der Waals surface area contributed by atoms with E-state index in [1.165, 1.54) is 4.57 Å². The summed E-state index contributed by atoms with van der Waals surface area (Å²) in [6.07, 6.45) is 0. The second-order valence-corrected chi connectivity index (χ2v) is 5.36. The molecule has 0 spiro atoms. The lowest BCUT2D eigenvalue weighted by Crippen LogP contribution is -2.08. The van der Waals surface area contributed by atoms with E-state index in [-0.39, 0.29) is 5.78 Å². The number of ketones is 1. The Kier molecular flexibility index (Phi) is 3.06. The molecule has 100 valence electrons. The van der Waals surface area contributed by atoms with Crippen molar-refractivity contribution in [3.05, 3.63) is 68.6 Å². The van der Waals surface area contributed by atoms with Gasteiger partial charge in [-0.15, -0.1) is 0 Å². The zero-order chi connectivity index (χ0) is 14.3. The number of hydrogen-bond donors (Lipinski definition) is 0. The van der Waals surface area contributed by atoms with Crippen LogP contribution in [0.15, 0.2) is 56.1 Å². The average Bonchev–Trinajstić information content (AvgIpc) is 2.73. The molecule has 3 aromatic rings.